The molecule has 0 bridgehead atoms. The van der Waals surface area contributed by atoms with E-state index >= 15 is 0 Å². The predicted octanol–water partition coefficient (Wildman–Crippen LogP) is 8.42. The lowest BCUT2D eigenvalue weighted by atomic mass is 9.93. The SMILES string of the molecule is Cc1ccccc1S(=O)(=O)N1Cc2cc3c(cc2C[C@H]1C(=O)NC(Cc1ccc(-c2ccc(C#N)cc2)cc1)C(=O)O)NC(=O)[C@H](c1ccc(OCc2ccc(Cl)c(Cl)c2)cc1)O3. The van der Waals surface area contributed by atoms with Crippen molar-refractivity contribution in [1.82, 2.24) is 9.62 Å². The highest BCUT2D eigenvalue weighted by atomic mass is 35.5. The minimum absolute atomic E-state index is 0.00863. The van der Waals surface area contributed by atoms with Crippen LogP contribution in [0.25, 0.3) is 11.1 Å². The summed E-state index contributed by atoms with van der Waals surface area (Å²) < 4.78 is 42.2. The molecule has 0 aliphatic carbocycles. The number of sulfonamides is 1. The molecule has 15 heteroatoms. The number of nitrogens with one attached hydrogen (secondary N) is 2. The van der Waals surface area contributed by atoms with E-state index in [2.05, 4.69) is 16.7 Å². The zero-order valence-electron chi connectivity index (χ0n) is 33.5. The van der Waals surface area contributed by atoms with E-state index in [0.29, 0.717) is 60.6 Å². The van der Waals surface area contributed by atoms with Crippen molar-refractivity contribution in [2.75, 3.05) is 5.32 Å². The van der Waals surface area contributed by atoms with Crippen molar-refractivity contribution in [3.63, 3.8) is 0 Å². The Labute approximate surface area is 373 Å². The molecule has 3 atom stereocenters. The molecule has 1 unspecified atom stereocenters. The summed E-state index contributed by atoms with van der Waals surface area (Å²) in [6, 6.07) is 35.5. The molecule has 6 aromatic carbocycles. The van der Waals surface area contributed by atoms with Crippen LogP contribution < -0.4 is 20.1 Å². The lowest BCUT2D eigenvalue weighted by molar-refractivity contribution is -0.142. The van der Waals surface area contributed by atoms with Gasteiger partial charge in [-0.1, -0.05) is 96.0 Å². The maximum atomic E-state index is 14.5. The second-order valence-corrected chi connectivity index (χ2v) is 17.9. The normalized spacial score (nSPS) is 16.3. The minimum atomic E-state index is -4.32. The monoisotopic (exact) mass is 900 g/mol. The number of amides is 2. The molecule has 2 aliphatic rings. The minimum Gasteiger partial charge on any atom is -0.489 e. The van der Waals surface area contributed by atoms with Crippen LogP contribution in [0.15, 0.2) is 132 Å². The van der Waals surface area contributed by atoms with E-state index < -0.39 is 46.0 Å². The number of nitrogens with zero attached hydrogens (tertiary/aromatic N) is 2. The Balaban J connectivity index is 1.02. The zero-order valence-corrected chi connectivity index (χ0v) is 35.9. The quantitative estimate of drug-likeness (QED) is 0.109. The van der Waals surface area contributed by atoms with Crippen LogP contribution in [-0.4, -0.2) is 47.7 Å². The summed E-state index contributed by atoms with van der Waals surface area (Å²) in [5.74, 6) is -1.66. The molecule has 63 heavy (non-hydrogen) atoms. The van der Waals surface area contributed by atoms with Crippen molar-refractivity contribution in [2.24, 2.45) is 0 Å². The van der Waals surface area contributed by atoms with Gasteiger partial charge < -0.3 is 25.2 Å². The van der Waals surface area contributed by atoms with Crippen LogP contribution in [0.4, 0.5) is 5.69 Å². The molecule has 3 N–H and O–H groups in total. The number of ether oxygens (including phenoxy) is 2. The van der Waals surface area contributed by atoms with Crippen LogP contribution in [0, 0.1) is 18.3 Å². The molecule has 0 radical (unpaired) electrons. The number of benzene rings is 6. The van der Waals surface area contributed by atoms with E-state index in [4.69, 9.17) is 37.9 Å². The van der Waals surface area contributed by atoms with E-state index in [9.17, 15) is 27.9 Å². The third kappa shape index (κ3) is 9.26. The highest BCUT2D eigenvalue weighted by molar-refractivity contribution is 7.89. The number of hydrogen-bond acceptors (Lipinski definition) is 8. The van der Waals surface area contributed by atoms with Gasteiger partial charge in [-0.05, 0) is 107 Å². The fourth-order valence-corrected chi connectivity index (χ4v) is 9.76. The number of carboxylic acids is 1. The molecule has 0 saturated carbocycles. The largest absolute Gasteiger partial charge is 0.489 e. The number of rotatable bonds is 12. The van der Waals surface area contributed by atoms with Crippen LogP contribution in [-0.2, 0) is 50.4 Å². The average Bonchev–Trinajstić information content (AvgIpc) is 3.28. The molecule has 2 heterocycles. The molecule has 8 rings (SSSR count). The maximum Gasteiger partial charge on any atom is 0.326 e. The third-order valence-electron chi connectivity index (χ3n) is 11.0. The van der Waals surface area contributed by atoms with Crippen molar-refractivity contribution in [1.29, 1.82) is 5.26 Å². The first-order chi connectivity index (χ1) is 30.3. The predicted molar refractivity (Wildman–Crippen MR) is 237 cm³/mol. The van der Waals surface area contributed by atoms with Gasteiger partial charge >= 0.3 is 5.97 Å². The Morgan fingerprint density at radius 1 is 0.905 bits per heavy atom. The molecule has 0 spiro atoms. The van der Waals surface area contributed by atoms with Crippen LogP contribution in [0.2, 0.25) is 10.0 Å². The van der Waals surface area contributed by atoms with Gasteiger partial charge in [0.15, 0.2) is 0 Å². The summed E-state index contributed by atoms with van der Waals surface area (Å²) in [5, 5.41) is 25.8. The van der Waals surface area contributed by atoms with Gasteiger partial charge in [-0.3, -0.25) is 9.59 Å². The van der Waals surface area contributed by atoms with Crippen LogP contribution in [0.5, 0.6) is 11.5 Å². The first kappa shape index (κ1) is 43.0. The Bertz CT molecular complexity index is 2900. The Hall–Kier alpha value is -6.69. The molecule has 12 nitrogen and oxygen atoms in total. The number of halogens is 2. The van der Waals surface area contributed by atoms with Gasteiger partial charge in [0.25, 0.3) is 5.91 Å². The van der Waals surface area contributed by atoms with Crippen LogP contribution in [0.1, 0.15) is 45.0 Å². The molecular weight excluding hydrogens is 864 g/mol. The average molecular weight is 902 g/mol. The second kappa shape index (κ2) is 18.0. The van der Waals surface area contributed by atoms with Gasteiger partial charge in [0.2, 0.25) is 22.0 Å². The topological polar surface area (TPSA) is 175 Å². The van der Waals surface area contributed by atoms with E-state index in [1.54, 1.807) is 97.9 Å². The number of carboxylic acid groups (broad SMARTS) is 1. The molecular formula is C48H38Cl2N4O8S. The summed E-state index contributed by atoms with van der Waals surface area (Å²) in [6.07, 6.45) is -1.22. The molecule has 0 saturated heterocycles. The van der Waals surface area contributed by atoms with Crippen LogP contribution >= 0.6 is 23.2 Å². The van der Waals surface area contributed by atoms with Crippen molar-refractivity contribution >= 4 is 56.7 Å². The summed E-state index contributed by atoms with van der Waals surface area (Å²) in [7, 11) is -4.32. The summed E-state index contributed by atoms with van der Waals surface area (Å²) in [6.45, 7) is 1.67. The molecule has 0 fully saturated rings. The number of fused-ring (bicyclic) bond motifs is 2. The first-order valence-electron chi connectivity index (χ1n) is 19.8. The van der Waals surface area contributed by atoms with Gasteiger partial charge in [-0.25, -0.2) is 13.2 Å². The fraction of sp³-hybridized carbons (Fsp3) is 0.167. The first-order valence-corrected chi connectivity index (χ1v) is 22.0. The lowest BCUT2D eigenvalue weighted by Gasteiger charge is -2.37. The summed E-state index contributed by atoms with van der Waals surface area (Å²) >= 11 is 12.2. The highest BCUT2D eigenvalue weighted by Gasteiger charge is 2.42. The Morgan fingerprint density at radius 2 is 1.59 bits per heavy atom. The standard InChI is InChI=1S/C48H38Cl2N4O8S/c1-28-4-2-3-5-44(28)63(59,60)54-26-36-24-43-40(52-47(56)45(62-43)34-15-17-37(18-16-34)61-27-31-10-19-38(49)39(50)20-31)22-35(36)23-42(54)46(55)53-41(48(57)58)21-29-6-11-32(12-7-29)33-13-8-30(25-51)9-14-33/h2-20,22,24,41-42,45H,21,23,26-27H2,1H3,(H,52,56)(H,53,55)(H,57,58)/t41?,42-,45-/m0/s1. The second-order valence-electron chi connectivity index (χ2n) is 15.2. The van der Waals surface area contributed by atoms with Crippen molar-refractivity contribution in [3.8, 4) is 28.7 Å². The fourth-order valence-electron chi connectivity index (χ4n) is 7.64. The number of hydrogen-bond donors (Lipinski definition) is 3. The number of nitriles is 1. The number of carbonyl (C=O) groups is 3. The van der Waals surface area contributed by atoms with E-state index in [1.807, 2.05) is 30.3 Å². The molecule has 2 aliphatic heterocycles. The van der Waals surface area contributed by atoms with Crippen LogP contribution in [0.3, 0.4) is 0 Å². The van der Waals surface area contributed by atoms with Crippen molar-refractivity contribution in [3.05, 3.63) is 176 Å². The van der Waals surface area contributed by atoms with E-state index in [0.717, 1.165) is 21.0 Å². The summed E-state index contributed by atoms with van der Waals surface area (Å²) in [5.41, 5.74) is 6.21. The van der Waals surface area contributed by atoms with Crippen molar-refractivity contribution < 1.29 is 37.4 Å². The Morgan fingerprint density at radius 3 is 2.25 bits per heavy atom. The van der Waals surface area contributed by atoms with E-state index in [-0.39, 0.29) is 30.9 Å². The van der Waals surface area contributed by atoms with Gasteiger partial charge in [0, 0.05) is 18.5 Å². The number of aryl methyl sites for hydroxylation is 1. The van der Waals surface area contributed by atoms with E-state index in [1.165, 1.54) is 6.07 Å². The van der Waals surface area contributed by atoms with Gasteiger partial charge in [0.1, 0.15) is 30.2 Å². The maximum absolute atomic E-state index is 14.5. The molecule has 2 amide bonds. The van der Waals surface area contributed by atoms with Gasteiger partial charge in [0.05, 0.1) is 32.3 Å². The molecule has 318 valence electrons. The number of aliphatic carboxylic acids is 1. The smallest absolute Gasteiger partial charge is 0.326 e. The third-order valence-corrected chi connectivity index (χ3v) is 13.8. The molecule has 6 aromatic rings. The Kier molecular flexibility index (Phi) is 12.3. The highest BCUT2D eigenvalue weighted by Crippen LogP contribution is 2.41. The van der Waals surface area contributed by atoms with Gasteiger partial charge in [-0.2, -0.15) is 9.57 Å². The summed E-state index contributed by atoms with van der Waals surface area (Å²) in [4.78, 5) is 40.4. The lowest BCUT2D eigenvalue weighted by Crippen LogP contribution is -2.55. The zero-order chi connectivity index (χ0) is 44.4. The van der Waals surface area contributed by atoms with Gasteiger partial charge in [-0.15, -0.1) is 0 Å². The van der Waals surface area contributed by atoms with Crippen molar-refractivity contribution in [2.45, 2.75) is 56.0 Å². The molecule has 0 aromatic heterocycles. The number of carbonyl (C=O) groups excluding carboxylic acids is 2. The number of anilines is 1.